The Balaban J connectivity index is 1.45. The zero-order chi connectivity index (χ0) is 33.2. The number of halogens is 6. The zero-order valence-corrected chi connectivity index (χ0v) is 25.1. The Hall–Kier alpha value is -3.77. The van der Waals surface area contributed by atoms with Gasteiger partial charge >= 0.3 is 24.4 Å². The van der Waals surface area contributed by atoms with Crippen LogP contribution in [0.3, 0.4) is 0 Å². The fraction of sp³-hybridized carbons (Fsp3) is 0.531. The van der Waals surface area contributed by atoms with E-state index in [1.807, 2.05) is 0 Å². The van der Waals surface area contributed by atoms with Crippen molar-refractivity contribution >= 4 is 23.6 Å². The Morgan fingerprint density at radius 3 is 1.93 bits per heavy atom. The quantitative estimate of drug-likeness (QED) is 0.310. The molecular formula is C32H35F6N3O4. The van der Waals surface area contributed by atoms with Crippen LogP contribution in [0.25, 0.3) is 0 Å². The predicted octanol–water partition coefficient (Wildman–Crippen LogP) is 7.35. The Labute approximate surface area is 256 Å². The highest BCUT2D eigenvalue weighted by Crippen LogP contribution is 2.75. The van der Waals surface area contributed by atoms with E-state index in [-0.39, 0.29) is 48.5 Å². The summed E-state index contributed by atoms with van der Waals surface area (Å²) in [5, 5.41) is 11.3. The molecule has 1 unspecified atom stereocenters. The fourth-order valence-corrected chi connectivity index (χ4v) is 7.55. The fourth-order valence-electron chi connectivity index (χ4n) is 7.55. The molecule has 1 atom stereocenters. The molecular weight excluding hydrogens is 604 g/mol. The molecule has 3 fully saturated rings. The smallest absolute Gasteiger partial charge is 0.416 e. The Bertz CT molecular complexity index is 1460. The van der Waals surface area contributed by atoms with E-state index in [4.69, 9.17) is 5.11 Å². The van der Waals surface area contributed by atoms with E-state index < -0.39 is 52.6 Å². The first-order valence-electron chi connectivity index (χ1n) is 14.8. The van der Waals surface area contributed by atoms with E-state index in [9.17, 15) is 40.7 Å². The number of benzene rings is 2. The number of carboxylic acids is 1. The minimum Gasteiger partial charge on any atom is -0.481 e. The Morgan fingerprint density at radius 2 is 1.47 bits per heavy atom. The highest BCUT2D eigenvalue weighted by molar-refractivity contribution is 5.96. The Kier molecular flexibility index (Phi) is 7.93. The molecule has 0 aromatic heterocycles. The number of carboxylic acid groups (broad SMARTS) is 1. The third-order valence-corrected chi connectivity index (χ3v) is 10.7. The second-order valence-corrected chi connectivity index (χ2v) is 13.1. The first-order valence-corrected chi connectivity index (χ1v) is 14.8. The molecule has 2 aromatic carbocycles. The molecule has 1 aliphatic heterocycles. The van der Waals surface area contributed by atoms with Crippen LogP contribution in [0.2, 0.25) is 0 Å². The van der Waals surface area contributed by atoms with E-state index in [2.05, 4.69) is 26.1 Å². The average Bonchev–Trinajstić information content (AvgIpc) is 3.22. The Morgan fingerprint density at radius 1 is 0.933 bits per heavy atom. The maximum Gasteiger partial charge on any atom is 0.416 e. The number of hydrogen-bond acceptors (Lipinski definition) is 3. The number of aliphatic carboxylic acids is 1. The first kappa shape index (κ1) is 32.6. The van der Waals surface area contributed by atoms with Crippen molar-refractivity contribution in [3.05, 3.63) is 64.7 Å². The second kappa shape index (κ2) is 10.9. The average molecular weight is 640 g/mol. The van der Waals surface area contributed by atoms with Crippen LogP contribution in [0.1, 0.15) is 79.9 Å². The molecule has 3 aliphatic rings. The number of urea groups is 1. The number of rotatable bonds is 7. The van der Waals surface area contributed by atoms with E-state index in [0.29, 0.717) is 36.5 Å². The SMILES string of the molecule is CC1C(C)(C)C12CCC1(CC2)CN(c2cc(C(F)(F)F)cc(C(F)(F)F)c2)C(=O)N1Cc1ccc(C(=O)NCCC(=O)O)cc1. The lowest BCUT2D eigenvalue weighted by molar-refractivity contribution is -0.143. The highest BCUT2D eigenvalue weighted by atomic mass is 19.4. The summed E-state index contributed by atoms with van der Waals surface area (Å²) in [7, 11) is 0. The summed E-state index contributed by atoms with van der Waals surface area (Å²) in [4.78, 5) is 39.7. The van der Waals surface area contributed by atoms with Gasteiger partial charge in [0.25, 0.3) is 5.91 Å². The standard InChI is InChI=1S/C32H35F6N3O4/c1-19-28(2,3)30(19)11-9-29(10-12-30)18-40(24-15-22(31(33,34)35)14-23(16-24)32(36,37)38)27(45)41(29)17-20-4-6-21(7-5-20)26(44)39-13-8-25(42)43/h4-7,14-16,19H,8-13,17-18H2,1-3H3,(H,39,44)(H,42,43). The van der Waals surface area contributed by atoms with Gasteiger partial charge in [-0.05, 0) is 78.3 Å². The van der Waals surface area contributed by atoms with Gasteiger partial charge in [0.2, 0.25) is 0 Å². The molecule has 244 valence electrons. The van der Waals surface area contributed by atoms with Crippen LogP contribution in [-0.2, 0) is 23.7 Å². The molecule has 2 aliphatic carbocycles. The van der Waals surface area contributed by atoms with E-state index >= 15 is 0 Å². The van der Waals surface area contributed by atoms with Gasteiger partial charge in [0.15, 0.2) is 0 Å². The van der Waals surface area contributed by atoms with Crippen LogP contribution in [0.4, 0.5) is 36.8 Å². The summed E-state index contributed by atoms with van der Waals surface area (Å²) < 4.78 is 82.2. The molecule has 5 rings (SSSR count). The van der Waals surface area contributed by atoms with Crippen LogP contribution in [0.5, 0.6) is 0 Å². The number of carbonyl (C=O) groups excluding carboxylic acids is 2. The lowest BCUT2D eigenvalue weighted by atomic mass is 9.71. The number of alkyl halides is 6. The van der Waals surface area contributed by atoms with Crippen LogP contribution in [-0.4, -0.2) is 46.5 Å². The van der Waals surface area contributed by atoms with Crippen molar-refractivity contribution in [2.45, 2.75) is 77.3 Å². The number of nitrogens with zero attached hydrogens (tertiary/aromatic N) is 2. The zero-order valence-electron chi connectivity index (χ0n) is 25.1. The van der Waals surface area contributed by atoms with Gasteiger partial charge in [-0.3, -0.25) is 14.5 Å². The molecule has 1 heterocycles. The molecule has 13 heteroatoms. The molecule has 2 spiro atoms. The molecule has 7 nitrogen and oxygen atoms in total. The highest BCUT2D eigenvalue weighted by Gasteiger charge is 2.70. The van der Waals surface area contributed by atoms with Crippen molar-refractivity contribution in [3.63, 3.8) is 0 Å². The summed E-state index contributed by atoms with van der Waals surface area (Å²) >= 11 is 0. The summed E-state index contributed by atoms with van der Waals surface area (Å²) in [6.07, 6.45) is -7.73. The minimum atomic E-state index is -5.05. The first-order chi connectivity index (χ1) is 20.8. The molecule has 45 heavy (non-hydrogen) atoms. The summed E-state index contributed by atoms with van der Waals surface area (Å²) in [6.45, 7) is 6.49. The van der Waals surface area contributed by atoms with Crippen molar-refractivity contribution in [3.8, 4) is 0 Å². The number of hydrogen-bond donors (Lipinski definition) is 2. The second-order valence-electron chi connectivity index (χ2n) is 13.1. The molecule has 2 N–H and O–H groups in total. The van der Waals surface area contributed by atoms with E-state index in [0.717, 1.165) is 17.7 Å². The van der Waals surface area contributed by atoms with Gasteiger partial charge in [0.1, 0.15) is 0 Å². The van der Waals surface area contributed by atoms with Crippen molar-refractivity contribution in [1.82, 2.24) is 10.2 Å². The van der Waals surface area contributed by atoms with Gasteiger partial charge in [0, 0.05) is 24.3 Å². The van der Waals surface area contributed by atoms with E-state index in [1.165, 1.54) is 12.1 Å². The maximum atomic E-state index is 14.0. The maximum absolute atomic E-state index is 14.0. The lowest BCUT2D eigenvalue weighted by Crippen LogP contribution is -2.49. The van der Waals surface area contributed by atoms with Crippen molar-refractivity contribution < 1.29 is 45.8 Å². The number of anilines is 1. The van der Waals surface area contributed by atoms with Gasteiger partial charge in [0.05, 0.1) is 29.6 Å². The van der Waals surface area contributed by atoms with E-state index in [1.54, 1.807) is 17.0 Å². The molecule has 0 bridgehead atoms. The van der Waals surface area contributed by atoms with Gasteiger partial charge < -0.3 is 15.3 Å². The largest absolute Gasteiger partial charge is 0.481 e. The van der Waals surface area contributed by atoms with Gasteiger partial charge in [-0.15, -0.1) is 0 Å². The van der Waals surface area contributed by atoms with Crippen molar-refractivity contribution in [2.24, 2.45) is 16.7 Å². The third-order valence-electron chi connectivity index (χ3n) is 10.7. The number of carbonyl (C=O) groups is 3. The monoisotopic (exact) mass is 639 g/mol. The predicted molar refractivity (Wildman–Crippen MR) is 152 cm³/mol. The van der Waals surface area contributed by atoms with Crippen molar-refractivity contribution in [2.75, 3.05) is 18.0 Å². The van der Waals surface area contributed by atoms with Gasteiger partial charge in [-0.2, -0.15) is 26.3 Å². The van der Waals surface area contributed by atoms with Gasteiger partial charge in [-0.25, -0.2) is 4.79 Å². The number of amides is 3. The topological polar surface area (TPSA) is 90.0 Å². The molecule has 2 aromatic rings. The molecule has 0 radical (unpaired) electrons. The van der Waals surface area contributed by atoms with Gasteiger partial charge in [-0.1, -0.05) is 32.9 Å². The third kappa shape index (κ3) is 5.85. The molecule has 2 saturated carbocycles. The normalized spacial score (nSPS) is 23.9. The summed E-state index contributed by atoms with van der Waals surface area (Å²) in [5.74, 6) is -1.10. The van der Waals surface area contributed by atoms with Crippen LogP contribution < -0.4 is 10.2 Å². The minimum absolute atomic E-state index is 0.0350. The summed E-state index contributed by atoms with van der Waals surface area (Å²) in [5.41, 5.74) is -3.21. The summed E-state index contributed by atoms with van der Waals surface area (Å²) in [6, 6.07) is 6.84. The molecule has 3 amide bonds. The van der Waals surface area contributed by atoms with Crippen LogP contribution in [0.15, 0.2) is 42.5 Å². The number of nitrogens with one attached hydrogen (secondary N) is 1. The van der Waals surface area contributed by atoms with Crippen molar-refractivity contribution in [1.29, 1.82) is 0 Å². The van der Waals surface area contributed by atoms with Crippen LogP contribution >= 0.6 is 0 Å². The van der Waals surface area contributed by atoms with Crippen LogP contribution in [0, 0.1) is 16.7 Å². The molecule has 1 saturated heterocycles. The lowest BCUT2D eigenvalue weighted by Gasteiger charge is -2.44.